The Labute approximate surface area is 177 Å². The molecule has 1 saturated heterocycles. The number of rotatable bonds is 5. The molecule has 6 nitrogen and oxygen atoms in total. The number of amides is 1. The van der Waals surface area contributed by atoms with Crippen molar-refractivity contribution in [2.75, 3.05) is 11.9 Å². The van der Waals surface area contributed by atoms with Crippen LogP contribution in [0.5, 0.6) is 0 Å². The maximum absolute atomic E-state index is 13.1. The minimum Gasteiger partial charge on any atom is -0.364 e. The van der Waals surface area contributed by atoms with Crippen LogP contribution in [0.15, 0.2) is 42.5 Å². The molecule has 1 aliphatic heterocycles. The van der Waals surface area contributed by atoms with Gasteiger partial charge in [0.2, 0.25) is 5.91 Å². The Morgan fingerprint density at radius 2 is 1.87 bits per heavy atom. The van der Waals surface area contributed by atoms with E-state index in [0.717, 1.165) is 61.3 Å². The highest BCUT2D eigenvalue weighted by atomic mass is 16.2. The van der Waals surface area contributed by atoms with Crippen molar-refractivity contribution < 1.29 is 4.79 Å². The minimum absolute atomic E-state index is 0.0906. The van der Waals surface area contributed by atoms with E-state index in [1.165, 1.54) is 24.8 Å². The van der Waals surface area contributed by atoms with E-state index in [1.807, 2.05) is 18.2 Å². The number of carbonyl (C=O) groups excluding carboxylic acids is 1. The predicted octanol–water partition coefficient (Wildman–Crippen LogP) is 4.81. The average Bonchev–Trinajstić information content (AvgIpc) is 3.45. The maximum atomic E-state index is 13.1. The van der Waals surface area contributed by atoms with Gasteiger partial charge in [-0.05, 0) is 43.4 Å². The molecule has 1 aromatic carbocycles. The Balaban J connectivity index is 1.32. The van der Waals surface area contributed by atoms with Crippen LogP contribution in [0.2, 0.25) is 0 Å². The number of hydrogen-bond donors (Lipinski definition) is 2. The first-order chi connectivity index (χ1) is 14.8. The normalized spacial score (nSPS) is 20.0. The lowest BCUT2D eigenvalue weighted by molar-refractivity contribution is -0.137. The minimum atomic E-state index is 0.0906. The van der Waals surface area contributed by atoms with Crippen LogP contribution >= 0.6 is 0 Å². The molecule has 2 aliphatic rings. The standard InChI is InChI=1S/C24H29N5O/c30-24(18-10-5-2-6-11-18)29-15-7-12-21(29)20-14-13-19-22(27-28-23(19)26-20)25-16-17-8-3-1-4-9-17/h1,3-4,8-9,13-14,18,21H,2,5-7,10-12,15-16H2,(H2,25,26,27,28)/t21-/m0/s1. The number of carbonyl (C=O) groups is 1. The zero-order valence-electron chi connectivity index (χ0n) is 17.3. The zero-order valence-corrected chi connectivity index (χ0v) is 17.3. The largest absolute Gasteiger partial charge is 0.364 e. The van der Waals surface area contributed by atoms with Crippen LogP contribution < -0.4 is 5.32 Å². The third-order valence-corrected chi connectivity index (χ3v) is 6.58. The summed E-state index contributed by atoms with van der Waals surface area (Å²) in [5, 5.41) is 11.9. The van der Waals surface area contributed by atoms with Crippen molar-refractivity contribution in [1.82, 2.24) is 20.1 Å². The van der Waals surface area contributed by atoms with E-state index < -0.39 is 0 Å². The highest BCUT2D eigenvalue weighted by molar-refractivity contribution is 5.87. The molecule has 0 bridgehead atoms. The van der Waals surface area contributed by atoms with Gasteiger partial charge in [0.15, 0.2) is 11.5 Å². The van der Waals surface area contributed by atoms with Crippen molar-refractivity contribution in [2.24, 2.45) is 5.92 Å². The van der Waals surface area contributed by atoms with Gasteiger partial charge in [-0.25, -0.2) is 4.98 Å². The van der Waals surface area contributed by atoms with Crippen LogP contribution in [0.4, 0.5) is 5.82 Å². The second-order valence-corrected chi connectivity index (χ2v) is 8.57. The van der Waals surface area contributed by atoms with Crippen LogP contribution in [0.25, 0.3) is 11.0 Å². The van der Waals surface area contributed by atoms with Crippen molar-refractivity contribution >= 4 is 22.8 Å². The molecule has 5 rings (SSSR count). The van der Waals surface area contributed by atoms with E-state index in [2.05, 4.69) is 44.7 Å². The average molecular weight is 404 g/mol. The quantitative estimate of drug-likeness (QED) is 0.641. The van der Waals surface area contributed by atoms with Gasteiger partial charge in [0, 0.05) is 19.0 Å². The fraction of sp³-hybridized carbons (Fsp3) is 0.458. The summed E-state index contributed by atoms with van der Waals surface area (Å²) in [5.41, 5.74) is 2.96. The molecule has 156 valence electrons. The van der Waals surface area contributed by atoms with Crippen LogP contribution in [0, 0.1) is 5.92 Å². The second kappa shape index (κ2) is 8.46. The number of H-pyrrole nitrogens is 1. The molecule has 2 aromatic heterocycles. The van der Waals surface area contributed by atoms with Gasteiger partial charge in [-0.1, -0.05) is 49.6 Å². The monoisotopic (exact) mass is 403 g/mol. The molecule has 2 fully saturated rings. The van der Waals surface area contributed by atoms with Crippen molar-refractivity contribution in [1.29, 1.82) is 0 Å². The third-order valence-electron chi connectivity index (χ3n) is 6.58. The molecule has 0 spiro atoms. The third kappa shape index (κ3) is 3.78. The SMILES string of the molecule is O=C(C1CCCCC1)N1CCC[C@H]1c1ccc2c(NCc3ccccc3)n[nH]c2n1. The first-order valence-electron chi connectivity index (χ1n) is 11.2. The summed E-state index contributed by atoms with van der Waals surface area (Å²) in [6.07, 6.45) is 7.78. The van der Waals surface area contributed by atoms with Gasteiger partial charge in [-0.2, -0.15) is 5.10 Å². The van der Waals surface area contributed by atoms with Crippen LogP contribution in [-0.4, -0.2) is 32.5 Å². The molecule has 30 heavy (non-hydrogen) atoms. The summed E-state index contributed by atoms with van der Waals surface area (Å²) in [6.45, 7) is 1.57. The van der Waals surface area contributed by atoms with Crippen molar-refractivity contribution in [2.45, 2.75) is 57.5 Å². The number of likely N-dealkylation sites (tertiary alicyclic amines) is 1. The van der Waals surface area contributed by atoms with Crippen molar-refractivity contribution in [3.63, 3.8) is 0 Å². The lowest BCUT2D eigenvalue weighted by Crippen LogP contribution is -2.36. The topological polar surface area (TPSA) is 73.9 Å². The van der Waals surface area contributed by atoms with Crippen molar-refractivity contribution in [3.05, 3.63) is 53.7 Å². The number of aromatic amines is 1. The van der Waals surface area contributed by atoms with E-state index in [9.17, 15) is 4.79 Å². The summed E-state index contributed by atoms with van der Waals surface area (Å²) in [4.78, 5) is 20.1. The number of fused-ring (bicyclic) bond motifs is 1. The summed E-state index contributed by atoms with van der Waals surface area (Å²) < 4.78 is 0. The van der Waals surface area contributed by atoms with Crippen LogP contribution in [0.1, 0.15) is 62.2 Å². The lowest BCUT2D eigenvalue weighted by atomic mass is 9.88. The van der Waals surface area contributed by atoms with Crippen LogP contribution in [-0.2, 0) is 11.3 Å². The van der Waals surface area contributed by atoms with Crippen LogP contribution in [0.3, 0.4) is 0 Å². The molecule has 0 unspecified atom stereocenters. The predicted molar refractivity (Wildman–Crippen MR) is 118 cm³/mol. The first-order valence-corrected chi connectivity index (χ1v) is 11.2. The number of hydrogen-bond acceptors (Lipinski definition) is 4. The Hall–Kier alpha value is -2.89. The van der Waals surface area contributed by atoms with Gasteiger partial charge < -0.3 is 10.2 Å². The fourth-order valence-electron chi connectivity index (χ4n) is 4.94. The second-order valence-electron chi connectivity index (χ2n) is 8.57. The van der Waals surface area contributed by atoms with Gasteiger partial charge >= 0.3 is 0 Å². The van der Waals surface area contributed by atoms with Gasteiger partial charge in [0.1, 0.15) is 0 Å². The highest BCUT2D eigenvalue weighted by Gasteiger charge is 2.35. The molecule has 3 heterocycles. The Morgan fingerprint density at radius 1 is 1.03 bits per heavy atom. The number of nitrogens with one attached hydrogen (secondary N) is 2. The van der Waals surface area contributed by atoms with E-state index in [-0.39, 0.29) is 12.0 Å². The smallest absolute Gasteiger partial charge is 0.226 e. The molecular weight excluding hydrogens is 374 g/mol. The van der Waals surface area contributed by atoms with E-state index in [0.29, 0.717) is 5.91 Å². The van der Waals surface area contributed by atoms with Gasteiger partial charge in [-0.3, -0.25) is 9.89 Å². The Kier molecular flexibility index (Phi) is 5.39. The zero-order chi connectivity index (χ0) is 20.3. The number of pyridine rings is 1. The number of aromatic nitrogens is 3. The number of anilines is 1. The summed E-state index contributed by atoms with van der Waals surface area (Å²) in [5.74, 6) is 1.37. The maximum Gasteiger partial charge on any atom is 0.226 e. The molecule has 1 atom stereocenters. The van der Waals surface area contributed by atoms with Crippen molar-refractivity contribution in [3.8, 4) is 0 Å². The Morgan fingerprint density at radius 3 is 2.70 bits per heavy atom. The number of benzene rings is 1. The molecule has 1 aliphatic carbocycles. The van der Waals surface area contributed by atoms with E-state index in [4.69, 9.17) is 4.98 Å². The molecule has 0 radical (unpaired) electrons. The molecule has 2 N–H and O–H groups in total. The first kappa shape index (κ1) is 19.1. The summed E-state index contributed by atoms with van der Waals surface area (Å²) in [6, 6.07) is 14.5. The summed E-state index contributed by atoms with van der Waals surface area (Å²) in [7, 11) is 0. The Bertz CT molecular complexity index is 1010. The fourth-order valence-corrected chi connectivity index (χ4v) is 4.94. The molecule has 1 amide bonds. The highest BCUT2D eigenvalue weighted by Crippen LogP contribution is 2.36. The summed E-state index contributed by atoms with van der Waals surface area (Å²) >= 11 is 0. The van der Waals surface area contributed by atoms with E-state index >= 15 is 0 Å². The van der Waals surface area contributed by atoms with Gasteiger partial charge in [-0.15, -0.1) is 0 Å². The molecule has 6 heteroatoms. The molecule has 3 aromatic rings. The molecule has 1 saturated carbocycles. The lowest BCUT2D eigenvalue weighted by Gasteiger charge is -2.30. The molecular formula is C24H29N5O. The van der Waals surface area contributed by atoms with E-state index in [1.54, 1.807) is 0 Å². The number of nitrogens with zero attached hydrogens (tertiary/aromatic N) is 3. The van der Waals surface area contributed by atoms with Gasteiger partial charge in [0.05, 0.1) is 17.1 Å². The van der Waals surface area contributed by atoms with Gasteiger partial charge in [0.25, 0.3) is 0 Å².